The van der Waals surface area contributed by atoms with E-state index in [0.29, 0.717) is 16.7 Å². The molecule has 5 nitrogen and oxygen atoms in total. The van der Waals surface area contributed by atoms with Gasteiger partial charge in [-0.2, -0.15) is 0 Å². The van der Waals surface area contributed by atoms with Gasteiger partial charge in [-0.25, -0.2) is 0 Å². The van der Waals surface area contributed by atoms with E-state index in [-0.39, 0.29) is 11.2 Å². The van der Waals surface area contributed by atoms with Crippen LogP contribution in [0.25, 0.3) is 11.0 Å². The van der Waals surface area contributed by atoms with Crippen LogP contribution >= 0.6 is 11.8 Å². The normalized spacial score (nSPS) is 14.6. The first kappa shape index (κ1) is 16.9. The monoisotopic (exact) mass is 366 g/mol. The van der Waals surface area contributed by atoms with E-state index in [2.05, 4.69) is 10.2 Å². The number of benzene rings is 2. The minimum absolute atomic E-state index is 0.00636. The average molecular weight is 366 g/mol. The predicted molar refractivity (Wildman–Crippen MR) is 105 cm³/mol. The van der Waals surface area contributed by atoms with E-state index < -0.39 is 5.91 Å². The number of hydrogen-bond acceptors (Lipinski definition) is 5. The van der Waals surface area contributed by atoms with Gasteiger partial charge in [-0.15, -0.1) is 11.8 Å². The first-order valence-electron chi connectivity index (χ1n) is 8.42. The van der Waals surface area contributed by atoms with Crippen molar-refractivity contribution < 1.29 is 9.21 Å². The van der Waals surface area contributed by atoms with Crippen LogP contribution in [0.4, 0.5) is 5.69 Å². The van der Waals surface area contributed by atoms with Crippen molar-refractivity contribution >= 4 is 34.3 Å². The summed E-state index contributed by atoms with van der Waals surface area (Å²) in [6.45, 7) is 2.03. The van der Waals surface area contributed by atoms with Gasteiger partial charge in [-0.3, -0.25) is 14.5 Å². The second-order valence-electron chi connectivity index (χ2n) is 6.21. The molecule has 1 aromatic heterocycles. The number of carbonyl (C=O) groups excluding carboxylic acids is 1. The highest BCUT2D eigenvalue weighted by Crippen LogP contribution is 2.18. The lowest BCUT2D eigenvalue weighted by molar-refractivity contribution is 0.0997. The van der Waals surface area contributed by atoms with Crippen LogP contribution < -0.4 is 10.7 Å². The van der Waals surface area contributed by atoms with Crippen LogP contribution in [0.5, 0.6) is 0 Å². The highest BCUT2D eigenvalue weighted by molar-refractivity contribution is 7.99. The maximum Gasteiger partial charge on any atom is 0.291 e. The smallest absolute Gasteiger partial charge is 0.291 e. The Morgan fingerprint density at radius 2 is 1.96 bits per heavy atom. The maximum atomic E-state index is 12.4. The summed E-state index contributed by atoms with van der Waals surface area (Å²) >= 11 is 1.95. The Morgan fingerprint density at radius 1 is 1.15 bits per heavy atom. The molecule has 0 bridgehead atoms. The lowest BCUT2D eigenvalue weighted by atomic mass is 10.2. The minimum atomic E-state index is -0.434. The van der Waals surface area contributed by atoms with Gasteiger partial charge in [0, 0.05) is 36.5 Å². The number of carbonyl (C=O) groups is 1. The van der Waals surface area contributed by atoms with Gasteiger partial charge < -0.3 is 9.73 Å². The molecule has 1 aliphatic heterocycles. The van der Waals surface area contributed by atoms with Crippen molar-refractivity contribution in [1.29, 1.82) is 0 Å². The summed E-state index contributed by atoms with van der Waals surface area (Å²) in [5, 5.41) is 3.25. The molecule has 0 saturated carbocycles. The average Bonchev–Trinajstić information content (AvgIpc) is 3.16. The fourth-order valence-electron chi connectivity index (χ4n) is 2.94. The van der Waals surface area contributed by atoms with Crippen LogP contribution in [-0.2, 0) is 6.54 Å². The van der Waals surface area contributed by atoms with Crippen molar-refractivity contribution in [2.45, 2.75) is 6.54 Å². The molecule has 0 atom stereocenters. The highest BCUT2D eigenvalue weighted by Gasteiger charge is 2.14. The number of para-hydroxylation sites is 1. The molecule has 1 N–H and O–H groups in total. The molecule has 2 heterocycles. The molecule has 0 spiro atoms. The fraction of sp³-hybridized carbons (Fsp3) is 0.200. The quantitative estimate of drug-likeness (QED) is 0.765. The van der Waals surface area contributed by atoms with Gasteiger partial charge in [0.25, 0.3) is 5.91 Å². The Balaban J connectivity index is 1.48. The molecule has 0 unspecified atom stereocenters. The molecule has 1 aliphatic rings. The molecule has 1 fully saturated rings. The number of hydrogen-bond donors (Lipinski definition) is 1. The molecule has 2 aromatic carbocycles. The zero-order valence-electron chi connectivity index (χ0n) is 14.1. The van der Waals surface area contributed by atoms with Crippen molar-refractivity contribution in [3.05, 3.63) is 76.1 Å². The second kappa shape index (κ2) is 7.35. The van der Waals surface area contributed by atoms with Crippen LogP contribution in [0.2, 0.25) is 0 Å². The van der Waals surface area contributed by atoms with E-state index in [1.807, 2.05) is 36.0 Å². The molecule has 3 aromatic rings. The van der Waals surface area contributed by atoms with Gasteiger partial charge in [0.15, 0.2) is 11.2 Å². The Morgan fingerprint density at radius 3 is 2.73 bits per heavy atom. The van der Waals surface area contributed by atoms with Crippen molar-refractivity contribution in [3.8, 4) is 0 Å². The third-order valence-corrected chi connectivity index (χ3v) is 5.32. The standard InChI is InChI=1S/C20H18N2O3S/c23-17-11-19(25-18-4-2-1-3-16(17)18)20(24)21-15-7-5-14(6-8-15)12-22-9-10-26-13-22/h1-8,11H,9-10,12-13H2,(H,21,24). The molecule has 1 saturated heterocycles. The largest absolute Gasteiger partial charge is 0.451 e. The summed E-state index contributed by atoms with van der Waals surface area (Å²) in [7, 11) is 0. The van der Waals surface area contributed by atoms with Gasteiger partial charge in [-0.05, 0) is 29.8 Å². The minimum Gasteiger partial charge on any atom is -0.451 e. The van der Waals surface area contributed by atoms with E-state index in [4.69, 9.17) is 4.42 Å². The van der Waals surface area contributed by atoms with Crippen LogP contribution in [-0.4, -0.2) is 29.0 Å². The lowest BCUT2D eigenvalue weighted by Gasteiger charge is -2.14. The number of amides is 1. The Bertz CT molecular complexity index is 992. The van der Waals surface area contributed by atoms with Gasteiger partial charge in [0.1, 0.15) is 5.58 Å². The molecule has 26 heavy (non-hydrogen) atoms. The number of nitrogens with one attached hydrogen (secondary N) is 1. The number of rotatable bonds is 4. The maximum absolute atomic E-state index is 12.4. The summed E-state index contributed by atoms with van der Waals surface area (Å²) in [5.41, 5.74) is 2.06. The SMILES string of the molecule is O=C(Nc1ccc(CN2CCSC2)cc1)c1cc(=O)c2ccccc2o1. The van der Waals surface area contributed by atoms with E-state index >= 15 is 0 Å². The number of anilines is 1. The van der Waals surface area contributed by atoms with Crippen LogP contribution in [0, 0.1) is 0 Å². The third kappa shape index (κ3) is 3.66. The molecule has 132 valence electrons. The highest BCUT2D eigenvalue weighted by atomic mass is 32.2. The van der Waals surface area contributed by atoms with Crippen molar-refractivity contribution in [2.24, 2.45) is 0 Å². The molecule has 0 aliphatic carbocycles. The summed E-state index contributed by atoms with van der Waals surface area (Å²) in [6.07, 6.45) is 0. The van der Waals surface area contributed by atoms with Crippen molar-refractivity contribution in [1.82, 2.24) is 4.90 Å². The van der Waals surface area contributed by atoms with Crippen LogP contribution in [0.3, 0.4) is 0 Å². The van der Waals surface area contributed by atoms with Crippen molar-refractivity contribution in [3.63, 3.8) is 0 Å². The second-order valence-corrected chi connectivity index (χ2v) is 7.29. The topological polar surface area (TPSA) is 62.6 Å². The Kier molecular flexibility index (Phi) is 4.77. The van der Waals surface area contributed by atoms with Gasteiger partial charge >= 0.3 is 0 Å². The third-order valence-electron chi connectivity index (χ3n) is 4.30. The zero-order chi connectivity index (χ0) is 17.9. The van der Waals surface area contributed by atoms with E-state index in [1.54, 1.807) is 24.3 Å². The van der Waals surface area contributed by atoms with E-state index in [1.165, 1.54) is 17.4 Å². The number of nitrogens with zero attached hydrogens (tertiary/aromatic N) is 1. The van der Waals surface area contributed by atoms with Crippen molar-refractivity contribution in [2.75, 3.05) is 23.5 Å². The van der Waals surface area contributed by atoms with Gasteiger partial charge in [0.2, 0.25) is 0 Å². The van der Waals surface area contributed by atoms with Gasteiger partial charge in [0.05, 0.1) is 5.39 Å². The molecule has 4 rings (SSSR count). The summed E-state index contributed by atoms with van der Waals surface area (Å²) in [4.78, 5) is 26.9. The van der Waals surface area contributed by atoms with Crippen LogP contribution in [0.15, 0.2) is 63.8 Å². The van der Waals surface area contributed by atoms with E-state index in [0.717, 1.165) is 19.0 Å². The number of thioether (sulfide) groups is 1. The summed E-state index contributed by atoms with van der Waals surface area (Å²) in [5.74, 6) is 1.83. The van der Waals surface area contributed by atoms with E-state index in [9.17, 15) is 9.59 Å². The zero-order valence-corrected chi connectivity index (χ0v) is 14.9. The molecule has 6 heteroatoms. The molecule has 0 radical (unpaired) electrons. The Labute approximate surface area is 155 Å². The lowest BCUT2D eigenvalue weighted by Crippen LogP contribution is -2.18. The number of fused-ring (bicyclic) bond motifs is 1. The Hall–Kier alpha value is -2.57. The first-order chi connectivity index (χ1) is 12.7. The molecule has 1 amide bonds. The summed E-state index contributed by atoms with van der Waals surface area (Å²) < 4.78 is 5.57. The molecular weight excluding hydrogens is 348 g/mol. The summed E-state index contributed by atoms with van der Waals surface area (Å²) in [6, 6.07) is 15.9. The van der Waals surface area contributed by atoms with Gasteiger partial charge in [-0.1, -0.05) is 24.3 Å². The van der Waals surface area contributed by atoms with Crippen LogP contribution in [0.1, 0.15) is 16.1 Å². The molecular formula is C20H18N2O3S. The fourth-order valence-corrected chi connectivity index (χ4v) is 3.93. The first-order valence-corrected chi connectivity index (χ1v) is 9.58. The predicted octanol–water partition coefficient (Wildman–Crippen LogP) is 3.55.